The van der Waals surface area contributed by atoms with Gasteiger partial charge in [0.25, 0.3) is 0 Å². The lowest BCUT2D eigenvalue weighted by atomic mass is 10.1. The third kappa shape index (κ3) is 3.91. The number of hydrogen-bond acceptors (Lipinski definition) is 4. The van der Waals surface area contributed by atoms with Gasteiger partial charge in [0.05, 0.1) is 13.2 Å². The average Bonchev–Trinajstić information content (AvgIpc) is 2.46. The first-order valence-corrected chi connectivity index (χ1v) is 7.88. The normalized spacial score (nSPS) is 12.2. The van der Waals surface area contributed by atoms with Gasteiger partial charge in [-0.1, -0.05) is 12.1 Å². The van der Waals surface area contributed by atoms with Gasteiger partial charge in [-0.15, -0.1) is 11.8 Å². The summed E-state index contributed by atoms with van der Waals surface area (Å²) in [6.07, 6.45) is -0.542. The highest BCUT2D eigenvalue weighted by Gasteiger charge is 2.10. The zero-order chi connectivity index (χ0) is 14.5. The van der Waals surface area contributed by atoms with Gasteiger partial charge in [-0.25, -0.2) is 0 Å². The number of anilines is 1. The highest BCUT2D eigenvalue weighted by atomic mass is 79.9. The first-order chi connectivity index (χ1) is 9.60. The van der Waals surface area contributed by atoms with Crippen LogP contribution in [0.25, 0.3) is 0 Å². The summed E-state index contributed by atoms with van der Waals surface area (Å²) in [4.78, 5) is 1.06. The van der Waals surface area contributed by atoms with Crippen molar-refractivity contribution in [3.05, 3.63) is 52.5 Å². The fraction of sp³-hybridized carbons (Fsp3) is 0.200. The maximum Gasteiger partial charge on any atom is 0.119 e. The maximum atomic E-state index is 10.2. The van der Waals surface area contributed by atoms with Crippen molar-refractivity contribution in [2.24, 2.45) is 0 Å². The molecule has 20 heavy (non-hydrogen) atoms. The number of rotatable bonds is 5. The summed E-state index contributed by atoms with van der Waals surface area (Å²) in [5.74, 6) is 1.32. The van der Waals surface area contributed by atoms with Crippen LogP contribution in [0.1, 0.15) is 11.7 Å². The molecule has 0 heterocycles. The van der Waals surface area contributed by atoms with Crippen molar-refractivity contribution >= 4 is 33.4 Å². The molecule has 2 aromatic rings. The van der Waals surface area contributed by atoms with Gasteiger partial charge >= 0.3 is 0 Å². The minimum Gasteiger partial charge on any atom is -0.497 e. The summed E-state index contributed by atoms with van der Waals surface area (Å²) in [5, 5.41) is 10.2. The molecule has 3 nitrogen and oxygen atoms in total. The third-order valence-electron chi connectivity index (χ3n) is 2.83. The summed E-state index contributed by atoms with van der Waals surface area (Å²) in [5.41, 5.74) is 7.27. The van der Waals surface area contributed by atoms with Gasteiger partial charge in [0.1, 0.15) is 5.75 Å². The van der Waals surface area contributed by atoms with Crippen LogP contribution in [0.15, 0.2) is 51.8 Å². The zero-order valence-corrected chi connectivity index (χ0v) is 13.4. The molecule has 0 bridgehead atoms. The Hall–Kier alpha value is -1.17. The molecule has 106 valence electrons. The molecule has 0 saturated carbocycles. The first-order valence-electron chi connectivity index (χ1n) is 6.10. The molecule has 1 unspecified atom stereocenters. The van der Waals surface area contributed by atoms with E-state index in [1.54, 1.807) is 18.9 Å². The Labute approximate surface area is 131 Å². The second-order valence-electron chi connectivity index (χ2n) is 4.29. The molecule has 2 aromatic carbocycles. The maximum absolute atomic E-state index is 10.2. The quantitative estimate of drug-likeness (QED) is 0.632. The molecule has 1 atom stereocenters. The van der Waals surface area contributed by atoms with Gasteiger partial charge in [0.15, 0.2) is 0 Å². The molecule has 5 heteroatoms. The smallest absolute Gasteiger partial charge is 0.119 e. The molecule has 0 amide bonds. The number of hydrogen-bond donors (Lipinski definition) is 2. The van der Waals surface area contributed by atoms with E-state index in [2.05, 4.69) is 15.9 Å². The Morgan fingerprint density at radius 2 is 2.10 bits per heavy atom. The second kappa shape index (κ2) is 7.02. The Balaban J connectivity index is 2.02. The van der Waals surface area contributed by atoms with E-state index in [9.17, 15) is 5.11 Å². The third-order valence-corrected chi connectivity index (χ3v) is 4.90. The summed E-state index contributed by atoms with van der Waals surface area (Å²) in [7, 11) is 1.62. The van der Waals surface area contributed by atoms with E-state index in [1.807, 2.05) is 42.5 Å². The van der Waals surface area contributed by atoms with Gasteiger partial charge in [-0.05, 0) is 51.8 Å². The van der Waals surface area contributed by atoms with Gasteiger partial charge in [-0.2, -0.15) is 0 Å². The van der Waals surface area contributed by atoms with Crippen molar-refractivity contribution in [1.82, 2.24) is 0 Å². The number of methoxy groups -OCH3 is 1. The number of thioether (sulfide) groups is 1. The zero-order valence-electron chi connectivity index (χ0n) is 11.0. The lowest BCUT2D eigenvalue weighted by Gasteiger charge is -2.12. The Morgan fingerprint density at radius 1 is 1.30 bits per heavy atom. The Morgan fingerprint density at radius 3 is 2.80 bits per heavy atom. The highest BCUT2D eigenvalue weighted by molar-refractivity contribution is 9.10. The van der Waals surface area contributed by atoms with Gasteiger partial charge in [0.2, 0.25) is 0 Å². The molecule has 0 spiro atoms. The standard InChI is InChI=1S/C15H16BrNO2S/c1-19-12-4-2-3-10(7-12)14(18)9-20-15-6-5-11(17)8-13(15)16/h2-8,14,18H,9,17H2,1H3. The molecule has 3 N–H and O–H groups in total. The lowest BCUT2D eigenvalue weighted by molar-refractivity contribution is 0.203. The van der Waals surface area contributed by atoms with E-state index < -0.39 is 6.10 Å². The number of ether oxygens (including phenoxy) is 1. The van der Waals surface area contributed by atoms with Crippen LogP contribution in [0.2, 0.25) is 0 Å². The topological polar surface area (TPSA) is 55.5 Å². The van der Waals surface area contributed by atoms with Crippen LogP contribution in [0.4, 0.5) is 5.69 Å². The molecule has 0 fully saturated rings. The van der Waals surface area contributed by atoms with Crippen molar-refractivity contribution in [2.45, 2.75) is 11.0 Å². The number of aliphatic hydroxyl groups is 1. The number of benzene rings is 2. The predicted molar refractivity (Wildman–Crippen MR) is 87.2 cm³/mol. The summed E-state index contributed by atoms with van der Waals surface area (Å²) < 4.78 is 6.11. The largest absolute Gasteiger partial charge is 0.497 e. The number of nitrogen functional groups attached to an aromatic ring is 1. The second-order valence-corrected chi connectivity index (χ2v) is 6.21. The molecule has 0 aliphatic rings. The van der Waals surface area contributed by atoms with E-state index in [0.717, 1.165) is 26.4 Å². The molecule has 0 aromatic heterocycles. The van der Waals surface area contributed by atoms with Gasteiger partial charge < -0.3 is 15.6 Å². The minimum atomic E-state index is -0.542. The van der Waals surface area contributed by atoms with Crippen LogP contribution >= 0.6 is 27.7 Å². The lowest BCUT2D eigenvalue weighted by Crippen LogP contribution is -2.01. The Bertz CT molecular complexity index is 592. The van der Waals surface area contributed by atoms with Gasteiger partial charge in [0, 0.05) is 20.8 Å². The minimum absolute atomic E-state index is 0.542. The van der Waals surface area contributed by atoms with Crippen molar-refractivity contribution in [2.75, 3.05) is 18.6 Å². The molecular formula is C15H16BrNO2S. The number of halogens is 1. The van der Waals surface area contributed by atoms with E-state index in [1.165, 1.54) is 0 Å². The van der Waals surface area contributed by atoms with Crippen molar-refractivity contribution in [1.29, 1.82) is 0 Å². The summed E-state index contributed by atoms with van der Waals surface area (Å²) in [6, 6.07) is 13.1. The molecule has 0 radical (unpaired) electrons. The molecular weight excluding hydrogens is 338 g/mol. The summed E-state index contributed by atoms with van der Waals surface area (Å²) >= 11 is 5.05. The summed E-state index contributed by atoms with van der Waals surface area (Å²) in [6.45, 7) is 0. The predicted octanol–water partition coefficient (Wildman–Crippen LogP) is 3.87. The molecule has 0 aliphatic carbocycles. The monoisotopic (exact) mass is 353 g/mol. The fourth-order valence-corrected chi connectivity index (χ4v) is 3.38. The average molecular weight is 354 g/mol. The number of nitrogens with two attached hydrogens (primary N) is 1. The van der Waals surface area contributed by atoms with Crippen LogP contribution in [0.5, 0.6) is 5.75 Å². The van der Waals surface area contributed by atoms with E-state index in [-0.39, 0.29) is 0 Å². The molecule has 0 saturated heterocycles. The van der Waals surface area contributed by atoms with Crippen LogP contribution in [-0.4, -0.2) is 18.0 Å². The van der Waals surface area contributed by atoms with Crippen molar-refractivity contribution in [3.63, 3.8) is 0 Å². The van der Waals surface area contributed by atoms with Crippen LogP contribution in [-0.2, 0) is 0 Å². The Kier molecular flexibility index (Phi) is 5.34. The van der Waals surface area contributed by atoms with Crippen molar-refractivity contribution < 1.29 is 9.84 Å². The molecule has 0 aliphatic heterocycles. The highest BCUT2D eigenvalue weighted by Crippen LogP contribution is 2.32. The van der Waals surface area contributed by atoms with E-state index in [0.29, 0.717) is 5.75 Å². The van der Waals surface area contributed by atoms with Crippen LogP contribution in [0, 0.1) is 0 Å². The van der Waals surface area contributed by atoms with Crippen LogP contribution in [0.3, 0.4) is 0 Å². The van der Waals surface area contributed by atoms with Crippen LogP contribution < -0.4 is 10.5 Å². The van der Waals surface area contributed by atoms with E-state index >= 15 is 0 Å². The molecule has 2 rings (SSSR count). The fourth-order valence-electron chi connectivity index (χ4n) is 1.75. The van der Waals surface area contributed by atoms with Crippen molar-refractivity contribution in [3.8, 4) is 5.75 Å². The first kappa shape index (κ1) is 15.2. The SMILES string of the molecule is COc1cccc(C(O)CSc2ccc(N)cc2Br)c1. The van der Waals surface area contributed by atoms with Gasteiger partial charge in [-0.3, -0.25) is 0 Å². The van der Waals surface area contributed by atoms with E-state index in [4.69, 9.17) is 10.5 Å². The number of aliphatic hydroxyl groups excluding tert-OH is 1.